The van der Waals surface area contributed by atoms with E-state index in [0.29, 0.717) is 53.4 Å². The van der Waals surface area contributed by atoms with Crippen LogP contribution in [0.2, 0.25) is 5.15 Å². The summed E-state index contributed by atoms with van der Waals surface area (Å²) in [5.74, 6) is 7.99. The first-order valence-electron chi connectivity index (χ1n) is 10.8. The van der Waals surface area contributed by atoms with E-state index in [1.807, 2.05) is 9.47 Å². The average Bonchev–Trinajstić information content (AvgIpc) is 3.37. The molecule has 0 spiro atoms. The van der Waals surface area contributed by atoms with Crippen molar-refractivity contribution in [3.63, 3.8) is 0 Å². The number of terminal acetylenes is 1. The molecule has 1 saturated carbocycles. The first kappa shape index (κ1) is 23.7. The van der Waals surface area contributed by atoms with Crippen LogP contribution in [0, 0.1) is 30.1 Å². The standard InChI is InChI=1S/C25H24ClN5O3/c1-2-9-30(10-4-6-16-5-3-7-17(12-16)24(27)34)14-18-13-20(22(33)21(18)32)31-11-8-19-23(26)28-15-29-25(19)31/h1,3,5,7-8,11-12,15,18,20-22,32-33H,9-10,13-14H2,(H2,27,34)/t18-,20-,21-,22+/m1/s1. The zero-order chi connectivity index (χ0) is 24.2. The van der Waals surface area contributed by atoms with E-state index in [1.54, 1.807) is 36.5 Å². The SMILES string of the molecule is C#CCN(CC#Cc1cccc(C(N)=O)c1)C[C@H]1C[C@@H](n2ccc3c(Cl)ncnc32)[C@H](O)[C@@H]1O. The van der Waals surface area contributed by atoms with Crippen LogP contribution in [-0.2, 0) is 0 Å². The second-order valence-electron chi connectivity index (χ2n) is 8.29. The molecule has 4 atom stereocenters. The Kier molecular flexibility index (Phi) is 7.16. The molecular weight excluding hydrogens is 454 g/mol. The van der Waals surface area contributed by atoms with Crippen molar-refractivity contribution in [1.29, 1.82) is 0 Å². The number of aromatic nitrogens is 3. The Morgan fingerprint density at radius 3 is 2.85 bits per heavy atom. The fraction of sp³-hybridized carbons (Fsp3) is 0.320. The number of halogens is 1. The Balaban J connectivity index is 1.47. The number of nitrogens with two attached hydrogens (primary N) is 1. The van der Waals surface area contributed by atoms with Crippen molar-refractivity contribution in [3.05, 3.63) is 59.1 Å². The van der Waals surface area contributed by atoms with E-state index in [-0.39, 0.29) is 12.0 Å². The van der Waals surface area contributed by atoms with Crippen LogP contribution in [0.5, 0.6) is 0 Å². The molecule has 0 saturated heterocycles. The Bertz CT molecular complexity index is 1310. The van der Waals surface area contributed by atoms with Crippen LogP contribution in [0.25, 0.3) is 11.0 Å². The molecule has 4 N–H and O–H groups in total. The van der Waals surface area contributed by atoms with Crippen molar-refractivity contribution in [2.45, 2.75) is 24.7 Å². The molecule has 8 nitrogen and oxygen atoms in total. The molecule has 1 fully saturated rings. The highest BCUT2D eigenvalue weighted by Crippen LogP contribution is 2.38. The normalized spacial score (nSPS) is 21.9. The van der Waals surface area contributed by atoms with E-state index in [0.717, 1.165) is 0 Å². The van der Waals surface area contributed by atoms with Crippen molar-refractivity contribution >= 4 is 28.5 Å². The fourth-order valence-corrected chi connectivity index (χ4v) is 4.60. The lowest BCUT2D eigenvalue weighted by molar-refractivity contribution is 0.00172. The monoisotopic (exact) mass is 477 g/mol. The van der Waals surface area contributed by atoms with Crippen molar-refractivity contribution in [3.8, 4) is 24.2 Å². The van der Waals surface area contributed by atoms with Gasteiger partial charge in [0.25, 0.3) is 0 Å². The van der Waals surface area contributed by atoms with Gasteiger partial charge in [0.05, 0.1) is 30.6 Å². The third-order valence-electron chi connectivity index (χ3n) is 6.08. The quantitative estimate of drug-likeness (QED) is 0.365. The molecule has 1 aromatic carbocycles. The lowest BCUT2D eigenvalue weighted by Gasteiger charge is -2.23. The molecule has 0 radical (unpaired) electrons. The minimum atomic E-state index is -0.968. The number of primary amides is 1. The number of nitrogens with zero attached hydrogens (tertiary/aromatic N) is 4. The molecule has 3 aromatic rings. The van der Waals surface area contributed by atoms with Gasteiger partial charge in [0.15, 0.2) is 0 Å². The van der Waals surface area contributed by atoms with Gasteiger partial charge in [-0.3, -0.25) is 9.69 Å². The topological polar surface area (TPSA) is 118 Å². The van der Waals surface area contributed by atoms with Crippen LogP contribution in [0.15, 0.2) is 42.9 Å². The lowest BCUT2D eigenvalue weighted by Crippen LogP contribution is -2.36. The molecule has 0 aliphatic heterocycles. The van der Waals surface area contributed by atoms with Gasteiger partial charge in [0.2, 0.25) is 5.91 Å². The first-order valence-corrected chi connectivity index (χ1v) is 11.1. The van der Waals surface area contributed by atoms with Crippen molar-refractivity contribution in [2.75, 3.05) is 19.6 Å². The molecule has 9 heteroatoms. The van der Waals surface area contributed by atoms with Crippen LogP contribution in [0.1, 0.15) is 28.4 Å². The number of amides is 1. The van der Waals surface area contributed by atoms with Crippen LogP contribution in [0.3, 0.4) is 0 Å². The Morgan fingerprint density at radius 2 is 2.09 bits per heavy atom. The maximum absolute atomic E-state index is 11.4. The van der Waals surface area contributed by atoms with Gasteiger partial charge in [-0.2, -0.15) is 0 Å². The van der Waals surface area contributed by atoms with Gasteiger partial charge in [0, 0.05) is 29.8 Å². The third-order valence-corrected chi connectivity index (χ3v) is 6.38. The number of hydrogen-bond acceptors (Lipinski definition) is 6. The summed E-state index contributed by atoms with van der Waals surface area (Å²) in [5, 5.41) is 22.6. The molecule has 34 heavy (non-hydrogen) atoms. The van der Waals surface area contributed by atoms with E-state index < -0.39 is 18.1 Å². The molecular formula is C25H24ClN5O3. The Labute approximate surface area is 202 Å². The molecule has 1 aliphatic carbocycles. The summed E-state index contributed by atoms with van der Waals surface area (Å²) in [4.78, 5) is 21.6. The Morgan fingerprint density at radius 1 is 1.26 bits per heavy atom. The highest BCUT2D eigenvalue weighted by atomic mass is 35.5. The fourth-order valence-electron chi connectivity index (χ4n) is 4.41. The van der Waals surface area contributed by atoms with Gasteiger partial charge in [-0.05, 0) is 30.7 Å². The van der Waals surface area contributed by atoms with Crippen LogP contribution in [0.4, 0.5) is 0 Å². The molecule has 1 amide bonds. The molecule has 0 bridgehead atoms. The van der Waals surface area contributed by atoms with Crippen molar-refractivity contribution in [1.82, 2.24) is 19.4 Å². The molecule has 4 rings (SSSR count). The molecule has 0 unspecified atom stereocenters. The summed E-state index contributed by atoms with van der Waals surface area (Å²) in [6.07, 6.45) is 7.36. The van der Waals surface area contributed by atoms with Gasteiger partial charge in [0.1, 0.15) is 23.2 Å². The second-order valence-corrected chi connectivity index (χ2v) is 8.65. The van der Waals surface area contributed by atoms with Gasteiger partial charge in [-0.1, -0.05) is 35.4 Å². The molecule has 174 valence electrons. The molecule has 1 aliphatic rings. The minimum Gasteiger partial charge on any atom is -0.390 e. The number of carbonyl (C=O) groups excluding carboxylic acids is 1. The molecule has 2 aromatic heterocycles. The summed E-state index contributed by atoms with van der Waals surface area (Å²) < 4.78 is 1.84. The smallest absolute Gasteiger partial charge is 0.248 e. The predicted octanol–water partition coefficient (Wildman–Crippen LogP) is 1.45. The minimum absolute atomic E-state index is 0.219. The van der Waals surface area contributed by atoms with Crippen LogP contribution in [-0.4, -0.2) is 67.4 Å². The second kappa shape index (κ2) is 10.3. The zero-order valence-electron chi connectivity index (χ0n) is 18.3. The lowest BCUT2D eigenvalue weighted by atomic mass is 10.0. The van der Waals surface area contributed by atoms with E-state index in [1.165, 1.54) is 6.33 Å². The average molecular weight is 478 g/mol. The van der Waals surface area contributed by atoms with Gasteiger partial charge in [-0.25, -0.2) is 9.97 Å². The summed E-state index contributed by atoms with van der Waals surface area (Å²) in [6, 6.07) is 8.23. The summed E-state index contributed by atoms with van der Waals surface area (Å²) in [7, 11) is 0. The number of aliphatic hydroxyl groups is 2. The zero-order valence-corrected chi connectivity index (χ0v) is 19.1. The largest absolute Gasteiger partial charge is 0.390 e. The summed E-state index contributed by atoms with van der Waals surface area (Å²) in [5.41, 5.74) is 7.00. The summed E-state index contributed by atoms with van der Waals surface area (Å²) >= 11 is 6.15. The maximum Gasteiger partial charge on any atom is 0.248 e. The van der Waals surface area contributed by atoms with Crippen LogP contribution >= 0.6 is 11.6 Å². The molecule has 2 heterocycles. The highest BCUT2D eigenvalue weighted by molar-refractivity contribution is 6.33. The third kappa shape index (κ3) is 4.91. The van der Waals surface area contributed by atoms with Crippen molar-refractivity contribution in [2.24, 2.45) is 11.7 Å². The van der Waals surface area contributed by atoms with Gasteiger partial charge in [-0.15, -0.1) is 6.42 Å². The maximum atomic E-state index is 11.4. The number of hydrogen-bond donors (Lipinski definition) is 3. The number of fused-ring (bicyclic) bond motifs is 1. The van der Waals surface area contributed by atoms with Crippen molar-refractivity contribution < 1.29 is 15.0 Å². The van der Waals surface area contributed by atoms with E-state index in [2.05, 4.69) is 27.7 Å². The van der Waals surface area contributed by atoms with E-state index >= 15 is 0 Å². The predicted molar refractivity (Wildman–Crippen MR) is 129 cm³/mol. The van der Waals surface area contributed by atoms with Gasteiger partial charge >= 0.3 is 0 Å². The number of rotatable bonds is 6. The number of carbonyl (C=O) groups is 1. The summed E-state index contributed by atoms with van der Waals surface area (Å²) in [6.45, 7) is 1.17. The van der Waals surface area contributed by atoms with E-state index in [9.17, 15) is 15.0 Å². The number of aliphatic hydroxyl groups excluding tert-OH is 2. The van der Waals surface area contributed by atoms with E-state index in [4.69, 9.17) is 23.8 Å². The Hall–Kier alpha value is -3.40. The van der Waals surface area contributed by atoms with Crippen LogP contribution < -0.4 is 5.73 Å². The number of benzene rings is 1. The highest BCUT2D eigenvalue weighted by Gasteiger charge is 2.43. The van der Waals surface area contributed by atoms with Gasteiger partial charge < -0.3 is 20.5 Å². The first-order chi connectivity index (χ1) is 16.4.